The van der Waals surface area contributed by atoms with Crippen molar-refractivity contribution in [2.24, 2.45) is 5.92 Å². The molecule has 3 nitrogen and oxygen atoms in total. The lowest BCUT2D eigenvalue weighted by Gasteiger charge is -2.12. The van der Waals surface area contributed by atoms with E-state index in [1.54, 1.807) is 12.1 Å². The van der Waals surface area contributed by atoms with Crippen molar-refractivity contribution in [2.45, 2.75) is 45.4 Å². The molecule has 2 rings (SSSR count). The summed E-state index contributed by atoms with van der Waals surface area (Å²) >= 11 is 6.00. The number of carbonyl (C=O) groups excluding carboxylic acids is 1. The molecule has 1 aliphatic carbocycles. The second-order valence-electron chi connectivity index (χ2n) is 5.77. The molecule has 0 radical (unpaired) electrons. The van der Waals surface area contributed by atoms with Crippen molar-refractivity contribution in [1.29, 1.82) is 0 Å². The van der Waals surface area contributed by atoms with Crippen LogP contribution in [0.1, 0.15) is 55.8 Å². The largest absolute Gasteiger partial charge is 0.385 e. The highest BCUT2D eigenvalue weighted by Gasteiger charge is 2.15. The van der Waals surface area contributed by atoms with Gasteiger partial charge in [0.1, 0.15) is 0 Å². The molecule has 2 N–H and O–H groups in total. The van der Waals surface area contributed by atoms with Crippen LogP contribution in [0.25, 0.3) is 0 Å². The quantitative estimate of drug-likeness (QED) is 0.730. The highest BCUT2D eigenvalue weighted by molar-refractivity contribution is 6.31. The van der Waals surface area contributed by atoms with Crippen molar-refractivity contribution in [1.82, 2.24) is 5.32 Å². The van der Waals surface area contributed by atoms with Gasteiger partial charge in [0.25, 0.3) is 5.91 Å². The number of halogens is 1. The van der Waals surface area contributed by atoms with E-state index in [1.165, 1.54) is 32.1 Å². The minimum atomic E-state index is -0.0418. The third-order valence-corrected chi connectivity index (χ3v) is 4.38. The zero-order valence-corrected chi connectivity index (χ0v) is 13.5. The van der Waals surface area contributed by atoms with Gasteiger partial charge in [-0.25, -0.2) is 0 Å². The number of rotatable bonds is 7. The third kappa shape index (κ3) is 4.92. The van der Waals surface area contributed by atoms with Crippen molar-refractivity contribution < 1.29 is 4.79 Å². The molecule has 1 aromatic rings. The Hall–Kier alpha value is -1.22. The first kappa shape index (κ1) is 16.2. The number of hydrogen-bond acceptors (Lipinski definition) is 2. The van der Waals surface area contributed by atoms with Crippen molar-refractivity contribution in [3.63, 3.8) is 0 Å². The van der Waals surface area contributed by atoms with Crippen LogP contribution in [-0.4, -0.2) is 19.0 Å². The fourth-order valence-corrected chi connectivity index (χ4v) is 3.21. The van der Waals surface area contributed by atoms with Crippen molar-refractivity contribution in [2.75, 3.05) is 18.4 Å². The van der Waals surface area contributed by atoms with Crippen LogP contribution in [-0.2, 0) is 0 Å². The van der Waals surface area contributed by atoms with E-state index in [0.29, 0.717) is 10.6 Å². The van der Waals surface area contributed by atoms with Gasteiger partial charge >= 0.3 is 0 Å². The van der Waals surface area contributed by atoms with Gasteiger partial charge in [0.2, 0.25) is 0 Å². The Morgan fingerprint density at radius 3 is 2.81 bits per heavy atom. The van der Waals surface area contributed by atoms with Crippen LogP contribution < -0.4 is 10.6 Å². The number of nitrogens with one attached hydrogen (secondary N) is 2. The summed E-state index contributed by atoms with van der Waals surface area (Å²) in [6.45, 7) is 3.54. The maximum Gasteiger partial charge on any atom is 0.253 e. The molecule has 0 atom stereocenters. The van der Waals surface area contributed by atoms with E-state index >= 15 is 0 Å². The lowest BCUT2D eigenvalue weighted by Crippen LogP contribution is -2.25. The van der Waals surface area contributed by atoms with E-state index in [1.807, 2.05) is 13.0 Å². The van der Waals surface area contributed by atoms with Gasteiger partial charge in [-0.15, -0.1) is 0 Å². The second kappa shape index (κ2) is 8.28. The Balaban J connectivity index is 1.82. The minimum Gasteiger partial charge on any atom is -0.385 e. The van der Waals surface area contributed by atoms with E-state index in [-0.39, 0.29) is 5.91 Å². The Morgan fingerprint density at radius 1 is 1.33 bits per heavy atom. The minimum absolute atomic E-state index is 0.0418. The Kier molecular flexibility index (Phi) is 6.37. The molecule has 0 heterocycles. The number of anilines is 1. The molecule has 4 heteroatoms. The molecule has 0 aromatic heterocycles. The monoisotopic (exact) mass is 308 g/mol. The third-order valence-electron chi connectivity index (χ3n) is 4.14. The Morgan fingerprint density at radius 2 is 2.10 bits per heavy atom. The summed E-state index contributed by atoms with van der Waals surface area (Å²) in [4.78, 5) is 12.3. The lowest BCUT2D eigenvalue weighted by molar-refractivity contribution is 0.0953. The molecule has 0 aliphatic heterocycles. The van der Waals surface area contributed by atoms with Crippen molar-refractivity contribution in [3.8, 4) is 0 Å². The Labute approximate surface area is 132 Å². The molecule has 1 saturated carbocycles. The number of carbonyl (C=O) groups is 1. The van der Waals surface area contributed by atoms with Crippen LogP contribution in [0.2, 0.25) is 5.02 Å². The molecule has 1 aromatic carbocycles. The average Bonchev–Trinajstić information content (AvgIpc) is 2.99. The van der Waals surface area contributed by atoms with Crippen LogP contribution >= 0.6 is 11.6 Å². The summed E-state index contributed by atoms with van der Waals surface area (Å²) in [6.07, 6.45) is 7.79. The van der Waals surface area contributed by atoms with E-state index < -0.39 is 0 Å². The number of benzene rings is 1. The molecule has 0 bridgehead atoms. The fraction of sp³-hybridized carbons (Fsp3) is 0.588. The van der Waals surface area contributed by atoms with E-state index in [9.17, 15) is 4.79 Å². The van der Waals surface area contributed by atoms with E-state index in [4.69, 9.17) is 11.6 Å². The van der Waals surface area contributed by atoms with Gasteiger partial charge in [-0.2, -0.15) is 0 Å². The summed E-state index contributed by atoms with van der Waals surface area (Å²) in [5.41, 5.74) is 1.47. The average molecular weight is 309 g/mol. The first-order chi connectivity index (χ1) is 10.2. The van der Waals surface area contributed by atoms with Crippen LogP contribution in [0, 0.1) is 5.92 Å². The summed E-state index contributed by atoms with van der Waals surface area (Å²) in [7, 11) is 0. The van der Waals surface area contributed by atoms with E-state index in [0.717, 1.165) is 31.1 Å². The summed E-state index contributed by atoms with van der Waals surface area (Å²) in [5, 5.41) is 6.80. The maximum absolute atomic E-state index is 12.3. The Bertz CT molecular complexity index is 470. The van der Waals surface area contributed by atoms with Crippen LogP contribution in [0.15, 0.2) is 18.2 Å². The molecule has 1 fully saturated rings. The second-order valence-corrected chi connectivity index (χ2v) is 6.21. The molecular weight excluding hydrogens is 284 g/mol. The van der Waals surface area contributed by atoms with Crippen LogP contribution in [0.4, 0.5) is 5.69 Å². The topological polar surface area (TPSA) is 41.1 Å². The van der Waals surface area contributed by atoms with Gasteiger partial charge in [-0.05, 0) is 43.9 Å². The molecule has 1 aliphatic rings. The van der Waals surface area contributed by atoms with Gasteiger partial charge in [-0.3, -0.25) is 4.79 Å². The maximum atomic E-state index is 12.3. The lowest BCUT2D eigenvalue weighted by atomic mass is 10.0. The highest BCUT2D eigenvalue weighted by atomic mass is 35.5. The molecule has 116 valence electrons. The van der Waals surface area contributed by atoms with Crippen molar-refractivity contribution in [3.05, 3.63) is 28.8 Å². The zero-order chi connectivity index (χ0) is 15.1. The zero-order valence-electron chi connectivity index (χ0n) is 12.8. The summed E-state index contributed by atoms with van der Waals surface area (Å²) in [6, 6.07) is 5.39. The smallest absolute Gasteiger partial charge is 0.253 e. The standard InChI is InChI=1S/C17H25ClN2O/c1-2-19-16-10-9-14(18)12-15(16)17(21)20-11-5-8-13-6-3-4-7-13/h9-10,12-13,19H,2-8,11H2,1H3,(H,20,21). The number of amides is 1. The van der Waals surface area contributed by atoms with Crippen LogP contribution in [0.3, 0.4) is 0 Å². The molecule has 1 amide bonds. The van der Waals surface area contributed by atoms with Gasteiger partial charge in [0, 0.05) is 23.8 Å². The van der Waals surface area contributed by atoms with Crippen LogP contribution in [0.5, 0.6) is 0 Å². The summed E-state index contributed by atoms with van der Waals surface area (Å²) < 4.78 is 0. The SMILES string of the molecule is CCNc1ccc(Cl)cc1C(=O)NCCCC1CCCC1. The van der Waals surface area contributed by atoms with Gasteiger partial charge in [-0.1, -0.05) is 37.3 Å². The normalized spacial score (nSPS) is 15.1. The molecule has 0 unspecified atom stereocenters. The van der Waals surface area contributed by atoms with Gasteiger partial charge in [0.15, 0.2) is 0 Å². The fourth-order valence-electron chi connectivity index (χ4n) is 3.04. The summed E-state index contributed by atoms with van der Waals surface area (Å²) in [5.74, 6) is 0.838. The van der Waals surface area contributed by atoms with Crippen molar-refractivity contribution >= 4 is 23.2 Å². The predicted octanol–water partition coefficient (Wildman–Crippen LogP) is 4.47. The molecule has 0 spiro atoms. The first-order valence-corrected chi connectivity index (χ1v) is 8.40. The van der Waals surface area contributed by atoms with Gasteiger partial charge < -0.3 is 10.6 Å². The van der Waals surface area contributed by atoms with Gasteiger partial charge in [0.05, 0.1) is 5.56 Å². The number of hydrogen-bond donors (Lipinski definition) is 2. The molecule has 0 saturated heterocycles. The molecule has 21 heavy (non-hydrogen) atoms. The molecular formula is C17H25ClN2O. The highest BCUT2D eigenvalue weighted by Crippen LogP contribution is 2.28. The predicted molar refractivity (Wildman–Crippen MR) is 89.1 cm³/mol. The van der Waals surface area contributed by atoms with E-state index in [2.05, 4.69) is 10.6 Å². The first-order valence-electron chi connectivity index (χ1n) is 8.02.